The van der Waals surface area contributed by atoms with Gasteiger partial charge in [-0.15, -0.1) is 0 Å². The van der Waals surface area contributed by atoms with Crippen molar-refractivity contribution in [1.29, 1.82) is 0 Å². The molecule has 186 valence electrons. The summed E-state index contributed by atoms with van der Waals surface area (Å²) in [7, 11) is 0. The highest BCUT2D eigenvalue weighted by Gasteiger charge is 2.13. The van der Waals surface area contributed by atoms with Gasteiger partial charge in [0.25, 0.3) is 5.89 Å². The van der Waals surface area contributed by atoms with Gasteiger partial charge in [0, 0.05) is 34.7 Å². The first-order valence-electron chi connectivity index (χ1n) is 11.6. The third-order valence-electron chi connectivity index (χ3n) is 5.38. The lowest BCUT2D eigenvalue weighted by Crippen LogP contribution is -2.19. The number of hydrogen-bond acceptors (Lipinski definition) is 6. The molecule has 2 heterocycles. The average molecular weight is 515 g/mol. The third kappa shape index (κ3) is 6.14. The number of halogens is 1. The van der Waals surface area contributed by atoms with Crippen LogP contribution < -0.4 is 15.4 Å². The first kappa shape index (κ1) is 24.1. The van der Waals surface area contributed by atoms with Crippen molar-refractivity contribution in [2.45, 2.75) is 13.5 Å². The fraction of sp³-hybridized carbons (Fsp3) is 0.111. The van der Waals surface area contributed by atoms with Crippen LogP contribution in [0, 0.1) is 0 Å². The van der Waals surface area contributed by atoms with Crippen LogP contribution in [0.1, 0.15) is 12.5 Å². The molecule has 3 aromatic carbocycles. The first-order valence-corrected chi connectivity index (χ1v) is 11.9. The van der Waals surface area contributed by atoms with Crippen LogP contribution in [0.3, 0.4) is 0 Å². The standard InChI is InChI=1S/C27H23ClN6O3/c1-2-36-23-13-11-22(12-14-23)31-27(35)30-21-9-3-18(4-10-21)15-34-16-24(29-17-34)26-32-25(33-37-26)19-5-7-20(28)8-6-19/h3-14,16-17H,2,15H2,1H3,(H2,30,31,35). The molecule has 0 fully saturated rings. The number of nitrogens with one attached hydrogen (secondary N) is 2. The zero-order valence-corrected chi connectivity index (χ0v) is 20.6. The number of rotatable bonds is 8. The van der Waals surface area contributed by atoms with Gasteiger partial charge in [0.05, 0.1) is 12.9 Å². The largest absolute Gasteiger partial charge is 0.494 e. The Morgan fingerprint density at radius 2 is 1.65 bits per heavy atom. The van der Waals surface area contributed by atoms with Gasteiger partial charge < -0.3 is 24.5 Å². The molecule has 5 aromatic rings. The second kappa shape index (κ2) is 11.0. The maximum Gasteiger partial charge on any atom is 0.323 e. The fourth-order valence-corrected chi connectivity index (χ4v) is 3.73. The van der Waals surface area contributed by atoms with E-state index in [1.165, 1.54) is 0 Å². The highest BCUT2D eigenvalue weighted by molar-refractivity contribution is 6.30. The molecule has 0 spiro atoms. The van der Waals surface area contributed by atoms with E-state index in [1.807, 2.05) is 66.2 Å². The molecule has 0 atom stereocenters. The number of aromatic nitrogens is 4. The molecule has 10 heteroatoms. The molecule has 0 saturated carbocycles. The number of hydrogen-bond donors (Lipinski definition) is 2. The number of benzene rings is 3. The number of ether oxygens (including phenoxy) is 1. The van der Waals surface area contributed by atoms with E-state index in [1.54, 1.807) is 30.6 Å². The van der Waals surface area contributed by atoms with Gasteiger partial charge in [0.15, 0.2) is 0 Å². The van der Waals surface area contributed by atoms with Gasteiger partial charge in [-0.25, -0.2) is 9.78 Å². The number of anilines is 2. The Morgan fingerprint density at radius 1 is 0.973 bits per heavy atom. The minimum atomic E-state index is -0.325. The maximum atomic E-state index is 12.3. The molecule has 0 aliphatic heterocycles. The minimum Gasteiger partial charge on any atom is -0.494 e. The molecule has 9 nitrogen and oxygen atoms in total. The van der Waals surface area contributed by atoms with E-state index < -0.39 is 0 Å². The molecule has 0 aliphatic carbocycles. The van der Waals surface area contributed by atoms with Crippen LogP contribution in [0.5, 0.6) is 5.75 Å². The SMILES string of the molecule is CCOc1ccc(NC(=O)Nc2ccc(Cn3cnc(-c4nc(-c5ccc(Cl)cc5)no4)c3)cc2)cc1. The summed E-state index contributed by atoms with van der Waals surface area (Å²) in [5.41, 5.74) is 3.78. The van der Waals surface area contributed by atoms with Crippen molar-refractivity contribution in [2.24, 2.45) is 0 Å². The van der Waals surface area contributed by atoms with Gasteiger partial charge in [0.1, 0.15) is 11.4 Å². The first-order chi connectivity index (χ1) is 18.1. The summed E-state index contributed by atoms with van der Waals surface area (Å²) in [5, 5.41) is 10.3. The number of urea groups is 1. The summed E-state index contributed by atoms with van der Waals surface area (Å²) < 4.78 is 12.7. The van der Waals surface area contributed by atoms with E-state index in [-0.39, 0.29) is 6.03 Å². The van der Waals surface area contributed by atoms with E-state index >= 15 is 0 Å². The summed E-state index contributed by atoms with van der Waals surface area (Å²) in [6.45, 7) is 3.10. The molecule has 0 bridgehead atoms. The highest BCUT2D eigenvalue weighted by Crippen LogP contribution is 2.23. The van der Waals surface area contributed by atoms with Gasteiger partial charge in [-0.1, -0.05) is 28.9 Å². The Labute approximate surface area is 218 Å². The Balaban J connectivity index is 1.16. The van der Waals surface area contributed by atoms with Crippen molar-refractivity contribution in [1.82, 2.24) is 19.7 Å². The van der Waals surface area contributed by atoms with Crippen molar-refractivity contribution in [3.05, 3.63) is 95.9 Å². The molecule has 2 amide bonds. The second-order valence-corrected chi connectivity index (χ2v) is 8.53. The minimum absolute atomic E-state index is 0.325. The maximum absolute atomic E-state index is 12.3. The van der Waals surface area contributed by atoms with E-state index in [9.17, 15) is 4.79 Å². The van der Waals surface area contributed by atoms with Gasteiger partial charge >= 0.3 is 6.03 Å². The number of carbonyl (C=O) groups excluding carboxylic acids is 1. The second-order valence-electron chi connectivity index (χ2n) is 8.09. The van der Waals surface area contributed by atoms with Gasteiger partial charge in [-0.3, -0.25) is 0 Å². The molecular formula is C27H23ClN6O3. The number of amides is 2. The normalized spacial score (nSPS) is 10.8. The van der Waals surface area contributed by atoms with E-state index in [2.05, 4.69) is 25.8 Å². The van der Waals surface area contributed by atoms with Crippen molar-refractivity contribution >= 4 is 29.0 Å². The quantitative estimate of drug-likeness (QED) is 0.250. The number of imidazole rings is 1. The fourth-order valence-electron chi connectivity index (χ4n) is 3.60. The lowest BCUT2D eigenvalue weighted by molar-refractivity contribution is 0.262. The molecule has 2 aromatic heterocycles. The molecule has 2 N–H and O–H groups in total. The monoisotopic (exact) mass is 514 g/mol. The van der Waals surface area contributed by atoms with Crippen LogP contribution in [0.25, 0.3) is 23.0 Å². The Bertz CT molecular complexity index is 1480. The Kier molecular flexibility index (Phi) is 7.14. The highest BCUT2D eigenvalue weighted by atomic mass is 35.5. The molecule has 0 aliphatic rings. The average Bonchev–Trinajstić information content (AvgIpc) is 3.57. The summed E-state index contributed by atoms with van der Waals surface area (Å²) >= 11 is 5.94. The predicted molar refractivity (Wildman–Crippen MR) is 142 cm³/mol. The van der Waals surface area contributed by atoms with Crippen molar-refractivity contribution in [3.63, 3.8) is 0 Å². The van der Waals surface area contributed by atoms with Crippen molar-refractivity contribution < 1.29 is 14.1 Å². The molecule has 37 heavy (non-hydrogen) atoms. The van der Waals surface area contributed by atoms with Crippen LogP contribution in [0.4, 0.5) is 16.2 Å². The van der Waals surface area contributed by atoms with Crippen molar-refractivity contribution in [3.8, 4) is 28.7 Å². The van der Waals surface area contributed by atoms with Crippen molar-refractivity contribution in [2.75, 3.05) is 17.2 Å². The molecular weight excluding hydrogens is 492 g/mol. The van der Waals surface area contributed by atoms with Crippen LogP contribution in [0.15, 0.2) is 89.8 Å². The van der Waals surface area contributed by atoms with Gasteiger partial charge in [0.2, 0.25) is 5.82 Å². The summed E-state index contributed by atoms with van der Waals surface area (Å²) in [6, 6.07) is 21.7. The van der Waals surface area contributed by atoms with Crippen LogP contribution in [0.2, 0.25) is 5.02 Å². The van der Waals surface area contributed by atoms with Gasteiger partial charge in [-0.2, -0.15) is 4.98 Å². The lowest BCUT2D eigenvalue weighted by atomic mass is 10.2. The van der Waals surface area contributed by atoms with Gasteiger partial charge in [-0.05, 0) is 73.2 Å². The summed E-state index contributed by atoms with van der Waals surface area (Å²) in [4.78, 5) is 21.1. The zero-order valence-electron chi connectivity index (χ0n) is 19.9. The lowest BCUT2D eigenvalue weighted by Gasteiger charge is -2.09. The molecule has 0 saturated heterocycles. The Hall–Kier alpha value is -4.63. The number of nitrogens with zero attached hydrogens (tertiary/aromatic N) is 4. The smallest absolute Gasteiger partial charge is 0.323 e. The van der Waals surface area contributed by atoms with E-state index in [0.717, 1.165) is 16.9 Å². The van der Waals surface area contributed by atoms with E-state index in [0.29, 0.717) is 47.0 Å². The molecule has 0 radical (unpaired) electrons. The Morgan fingerprint density at radius 3 is 2.32 bits per heavy atom. The van der Waals surface area contributed by atoms with Crippen LogP contribution >= 0.6 is 11.6 Å². The summed E-state index contributed by atoms with van der Waals surface area (Å²) in [5.74, 6) is 1.56. The number of carbonyl (C=O) groups is 1. The molecule has 5 rings (SSSR count). The summed E-state index contributed by atoms with van der Waals surface area (Å²) in [6.07, 6.45) is 3.55. The predicted octanol–water partition coefficient (Wildman–Crippen LogP) is 6.34. The third-order valence-corrected chi connectivity index (χ3v) is 5.63. The van der Waals surface area contributed by atoms with Crippen LogP contribution in [-0.2, 0) is 6.54 Å². The molecule has 0 unspecified atom stereocenters. The van der Waals surface area contributed by atoms with Crippen LogP contribution in [-0.4, -0.2) is 32.3 Å². The topological polar surface area (TPSA) is 107 Å². The van der Waals surface area contributed by atoms with E-state index in [4.69, 9.17) is 20.9 Å². The zero-order chi connectivity index (χ0) is 25.6.